The third-order valence-corrected chi connectivity index (χ3v) is 5.65. The first-order chi connectivity index (χ1) is 11.4. The Kier molecular flexibility index (Phi) is 5.68. The van der Waals surface area contributed by atoms with Crippen LogP contribution < -0.4 is 10.7 Å². The molecule has 24 heavy (non-hydrogen) atoms. The molecule has 2 amide bonds. The first-order valence-corrected chi connectivity index (χ1v) is 9.09. The molecule has 130 valence electrons. The van der Waals surface area contributed by atoms with Crippen molar-refractivity contribution in [3.05, 3.63) is 24.3 Å². The SMILES string of the molecule is CCN(CC)S(=O)(=O)c1cccc(NC(=O)C2=NNC(=O)CC2)c1. The molecule has 2 rings (SSSR count). The number of anilines is 1. The largest absolute Gasteiger partial charge is 0.321 e. The molecule has 0 fully saturated rings. The Morgan fingerprint density at radius 3 is 2.58 bits per heavy atom. The van der Waals surface area contributed by atoms with E-state index in [2.05, 4.69) is 15.8 Å². The molecule has 0 radical (unpaired) electrons. The van der Waals surface area contributed by atoms with Crippen molar-refractivity contribution >= 4 is 33.2 Å². The van der Waals surface area contributed by atoms with E-state index in [4.69, 9.17) is 0 Å². The van der Waals surface area contributed by atoms with Gasteiger partial charge in [-0.25, -0.2) is 13.8 Å². The number of hydrogen-bond donors (Lipinski definition) is 2. The summed E-state index contributed by atoms with van der Waals surface area (Å²) in [7, 11) is -3.60. The lowest BCUT2D eigenvalue weighted by molar-refractivity contribution is -0.121. The molecule has 1 aliphatic rings. The van der Waals surface area contributed by atoms with Crippen LogP contribution in [0.4, 0.5) is 5.69 Å². The molecule has 0 spiro atoms. The van der Waals surface area contributed by atoms with Gasteiger partial charge in [-0.3, -0.25) is 9.59 Å². The minimum absolute atomic E-state index is 0.114. The normalized spacial score (nSPS) is 15.0. The minimum atomic E-state index is -3.60. The van der Waals surface area contributed by atoms with E-state index in [9.17, 15) is 18.0 Å². The molecule has 2 N–H and O–H groups in total. The van der Waals surface area contributed by atoms with Crippen LogP contribution in [-0.4, -0.2) is 43.3 Å². The highest BCUT2D eigenvalue weighted by Gasteiger charge is 2.23. The van der Waals surface area contributed by atoms with Gasteiger partial charge in [0.2, 0.25) is 15.9 Å². The van der Waals surface area contributed by atoms with Crippen LogP contribution in [0.3, 0.4) is 0 Å². The maximum absolute atomic E-state index is 12.5. The number of nitrogens with one attached hydrogen (secondary N) is 2. The highest BCUT2D eigenvalue weighted by molar-refractivity contribution is 7.89. The average molecular weight is 352 g/mol. The van der Waals surface area contributed by atoms with Gasteiger partial charge >= 0.3 is 0 Å². The highest BCUT2D eigenvalue weighted by atomic mass is 32.2. The Labute approximate surface area is 141 Å². The molecule has 0 bridgehead atoms. The van der Waals surface area contributed by atoms with Crippen molar-refractivity contribution in [2.24, 2.45) is 5.10 Å². The fourth-order valence-corrected chi connectivity index (χ4v) is 3.79. The molecule has 1 aliphatic heterocycles. The van der Waals surface area contributed by atoms with Crippen molar-refractivity contribution in [3.63, 3.8) is 0 Å². The first-order valence-electron chi connectivity index (χ1n) is 7.65. The maximum Gasteiger partial charge on any atom is 0.271 e. The Bertz CT molecular complexity index is 769. The zero-order chi connectivity index (χ0) is 17.7. The fourth-order valence-electron chi connectivity index (χ4n) is 2.29. The zero-order valence-electron chi connectivity index (χ0n) is 13.6. The van der Waals surface area contributed by atoms with E-state index in [0.29, 0.717) is 18.8 Å². The smallest absolute Gasteiger partial charge is 0.271 e. The molecular formula is C15H20N4O4S. The predicted molar refractivity (Wildman–Crippen MR) is 90.0 cm³/mol. The first kappa shape index (κ1) is 18.1. The van der Waals surface area contributed by atoms with Crippen LogP contribution in [-0.2, 0) is 19.6 Å². The quantitative estimate of drug-likeness (QED) is 0.793. The van der Waals surface area contributed by atoms with Gasteiger partial charge in [0.15, 0.2) is 0 Å². The molecule has 0 unspecified atom stereocenters. The Hall–Kier alpha value is -2.26. The lowest BCUT2D eigenvalue weighted by atomic mass is 10.1. The summed E-state index contributed by atoms with van der Waals surface area (Å²) in [5, 5.41) is 6.32. The number of carbonyl (C=O) groups is 2. The van der Waals surface area contributed by atoms with Crippen molar-refractivity contribution in [3.8, 4) is 0 Å². The van der Waals surface area contributed by atoms with Gasteiger partial charge in [0, 0.05) is 31.6 Å². The number of rotatable bonds is 6. The fraction of sp³-hybridized carbons (Fsp3) is 0.400. The molecule has 8 nitrogen and oxygen atoms in total. The number of sulfonamides is 1. The number of amides is 2. The summed E-state index contributed by atoms with van der Waals surface area (Å²) < 4.78 is 26.4. The second-order valence-electron chi connectivity index (χ2n) is 5.16. The van der Waals surface area contributed by atoms with Gasteiger partial charge in [0.1, 0.15) is 5.71 Å². The predicted octanol–water partition coefficient (Wildman–Crippen LogP) is 0.922. The highest BCUT2D eigenvalue weighted by Crippen LogP contribution is 2.19. The number of hydrazone groups is 1. The third-order valence-electron chi connectivity index (χ3n) is 3.60. The van der Waals surface area contributed by atoms with Gasteiger partial charge in [-0.1, -0.05) is 19.9 Å². The molecule has 1 aromatic rings. The molecule has 1 aromatic carbocycles. The maximum atomic E-state index is 12.5. The van der Waals surface area contributed by atoms with E-state index in [1.807, 2.05) is 0 Å². The summed E-state index contributed by atoms with van der Waals surface area (Å²) >= 11 is 0. The summed E-state index contributed by atoms with van der Waals surface area (Å²) in [6, 6.07) is 6.06. The number of nitrogens with zero attached hydrogens (tertiary/aromatic N) is 2. The lowest BCUT2D eigenvalue weighted by Gasteiger charge is -2.19. The molecule has 0 aliphatic carbocycles. The second kappa shape index (κ2) is 7.54. The van der Waals surface area contributed by atoms with Gasteiger partial charge in [0.05, 0.1) is 4.90 Å². The summed E-state index contributed by atoms with van der Waals surface area (Å²) in [6.45, 7) is 4.27. The molecule has 9 heteroatoms. The second-order valence-corrected chi connectivity index (χ2v) is 7.10. The zero-order valence-corrected chi connectivity index (χ0v) is 14.4. The molecule has 0 saturated heterocycles. The van der Waals surface area contributed by atoms with Gasteiger partial charge in [0.25, 0.3) is 5.91 Å². The van der Waals surface area contributed by atoms with E-state index in [1.165, 1.54) is 16.4 Å². The Morgan fingerprint density at radius 1 is 1.29 bits per heavy atom. The van der Waals surface area contributed by atoms with Crippen LogP contribution in [0.25, 0.3) is 0 Å². The average Bonchev–Trinajstić information content (AvgIpc) is 2.56. The van der Waals surface area contributed by atoms with Crippen LogP contribution in [0.5, 0.6) is 0 Å². The molecular weight excluding hydrogens is 332 g/mol. The third kappa shape index (κ3) is 3.98. The van der Waals surface area contributed by atoms with Gasteiger partial charge in [-0.05, 0) is 18.2 Å². The standard InChI is InChI=1S/C15H20N4O4S/c1-3-19(4-2)24(22,23)12-7-5-6-11(10-12)16-15(21)13-8-9-14(20)18-17-13/h5-7,10H,3-4,8-9H2,1-2H3,(H,16,21)(H,18,20). The van der Waals surface area contributed by atoms with E-state index < -0.39 is 15.9 Å². The molecule has 1 heterocycles. The van der Waals surface area contributed by atoms with Crippen LogP contribution in [0, 0.1) is 0 Å². The van der Waals surface area contributed by atoms with E-state index in [1.54, 1.807) is 26.0 Å². The molecule has 0 atom stereocenters. The van der Waals surface area contributed by atoms with Gasteiger partial charge in [-0.15, -0.1) is 0 Å². The van der Waals surface area contributed by atoms with Crippen LogP contribution in [0.1, 0.15) is 26.7 Å². The molecule has 0 aromatic heterocycles. The van der Waals surface area contributed by atoms with E-state index in [0.717, 1.165) is 0 Å². The van der Waals surface area contributed by atoms with E-state index >= 15 is 0 Å². The van der Waals surface area contributed by atoms with Crippen molar-refractivity contribution in [1.29, 1.82) is 0 Å². The van der Waals surface area contributed by atoms with Crippen molar-refractivity contribution in [1.82, 2.24) is 9.73 Å². The van der Waals surface area contributed by atoms with Crippen molar-refractivity contribution < 1.29 is 18.0 Å². The van der Waals surface area contributed by atoms with Crippen molar-refractivity contribution in [2.45, 2.75) is 31.6 Å². The summed E-state index contributed by atoms with van der Waals surface area (Å²) in [5.74, 6) is -0.703. The van der Waals surface area contributed by atoms with E-state index in [-0.39, 0.29) is 29.4 Å². The van der Waals surface area contributed by atoms with Gasteiger partial charge in [-0.2, -0.15) is 9.41 Å². The summed E-state index contributed by atoms with van der Waals surface area (Å²) in [6.07, 6.45) is 0.442. The minimum Gasteiger partial charge on any atom is -0.321 e. The molecule has 0 saturated carbocycles. The monoisotopic (exact) mass is 352 g/mol. The summed E-state index contributed by atoms with van der Waals surface area (Å²) in [5.41, 5.74) is 2.81. The van der Waals surface area contributed by atoms with Crippen LogP contribution >= 0.6 is 0 Å². The number of benzene rings is 1. The topological polar surface area (TPSA) is 108 Å². The van der Waals surface area contributed by atoms with Gasteiger partial charge < -0.3 is 5.32 Å². The lowest BCUT2D eigenvalue weighted by Crippen LogP contribution is -2.33. The number of hydrogen-bond acceptors (Lipinski definition) is 5. The summed E-state index contributed by atoms with van der Waals surface area (Å²) in [4.78, 5) is 23.3. The van der Waals surface area contributed by atoms with Crippen LogP contribution in [0.2, 0.25) is 0 Å². The Balaban J connectivity index is 2.19. The van der Waals surface area contributed by atoms with Crippen molar-refractivity contribution in [2.75, 3.05) is 18.4 Å². The number of carbonyl (C=O) groups excluding carboxylic acids is 2. The van der Waals surface area contributed by atoms with Crippen LogP contribution in [0.15, 0.2) is 34.3 Å². The Morgan fingerprint density at radius 2 is 2.00 bits per heavy atom.